The number of rotatable bonds is 7. The molecule has 3 rings (SSSR count). The number of nitro groups is 1. The predicted octanol–water partition coefficient (Wildman–Crippen LogP) is 1.11. The van der Waals surface area contributed by atoms with Gasteiger partial charge in [0.1, 0.15) is 16.7 Å². The number of anilines is 1. The van der Waals surface area contributed by atoms with Crippen molar-refractivity contribution in [1.82, 2.24) is 4.98 Å². The first-order chi connectivity index (χ1) is 12.8. The van der Waals surface area contributed by atoms with E-state index in [0.717, 1.165) is 5.39 Å². The first-order valence-corrected chi connectivity index (χ1v) is 8.63. The maximum Gasteiger partial charge on any atom is 0.281 e. The Hall–Kier alpha value is -2.39. The SMILES string of the molecule is COc1ccc([N+](=O)[O-])c2c(NCCC[N+](C)(C)[O-])c3ccccc3nc12.Cl.[Cl-]. The number of hydrogen-bond acceptors (Lipinski definition) is 6. The van der Waals surface area contributed by atoms with Gasteiger partial charge in [0.05, 0.1) is 43.9 Å². The third-order valence-electron chi connectivity index (χ3n) is 4.37. The Bertz CT molecular complexity index is 1010. The minimum Gasteiger partial charge on any atom is -1.00 e. The van der Waals surface area contributed by atoms with Crippen LogP contribution in [0.25, 0.3) is 21.8 Å². The topological polar surface area (TPSA) is 100 Å². The van der Waals surface area contributed by atoms with Crippen LogP contribution in [0.4, 0.5) is 11.4 Å². The normalized spacial score (nSPS) is 10.9. The summed E-state index contributed by atoms with van der Waals surface area (Å²) < 4.78 is 5.00. The summed E-state index contributed by atoms with van der Waals surface area (Å²) in [6, 6.07) is 10.5. The van der Waals surface area contributed by atoms with E-state index in [9.17, 15) is 15.3 Å². The van der Waals surface area contributed by atoms with E-state index in [1.807, 2.05) is 24.3 Å². The first kappa shape index (κ1) is 24.6. The van der Waals surface area contributed by atoms with Gasteiger partial charge < -0.3 is 32.3 Å². The summed E-state index contributed by atoms with van der Waals surface area (Å²) in [4.78, 5) is 15.8. The number of ether oxygens (including phenoxy) is 1. The van der Waals surface area contributed by atoms with E-state index in [2.05, 4.69) is 10.3 Å². The monoisotopic (exact) mass is 441 g/mol. The zero-order valence-electron chi connectivity index (χ0n) is 16.3. The van der Waals surface area contributed by atoms with Crippen molar-refractivity contribution in [2.24, 2.45) is 0 Å². The van der Waals surface area contributed by atoms with E-state index in [-0.39, 0.29) is 35.1 Å². The number of fused-ring (bicyclic) bond motifs is 2. The van der Waals surface area contributed by atoms with Gasteiger partial charge in [-0.3, -0.25) is 10.1 Å². The highest BCUT2D eigenvalue weighted by atomic mass is 35.5. The Labute approximate surface area is 181 Å². The molecule has 158 valence electrons. The van der Waals surface area contributed by atoms with E-state index in [0.29, 0.717) is 47.4 Å². The quantitative estimate of drug-likeness (QED) is 0.194. The van der Waals surface area contributed by atoms with Gasteiger partial charge in [0.15, 0.2) is 0 Å². The summed E-state index contributed by atoms with van der Waals surface area (Å²) in [5, 5.41) is 27.9. The third kappa shape index (κ3) is 5.36. The van der Waals surface area contributed by atoms with Crippen LogP contribution in [0.1, 0.15) is 6.42 Å². The van der Waals surface area contributed by atoms with E-state index in [1.165, 1.54) is 13.2 Å². The second kappa shape index (κ2) is 9.89. The van der Waals surface area contributed by atoms with Crippen molar-refractivity contribution >= 4 is 45.6 Å². The van der Waals surface area contributed by atoms with E-state index < -0.39 is 4.92 Å². The molecule has 0 fully saturated rings. The van der Waals surface area contributed by atoms with Crippen LogP contribution in [0, 0.1) is 15.3 Å². The molecule has 0 radical (unpaired) electrons. The Morgan fingerprint density at radius 2 is 1.90 bits per heavy atom. The summed E-state index contributed by atoms with van der Waals surface area (Å²) in [6.07, 6.45) is 0.631. The number of benzene rings is 2. The summed E-state index contributed by atoms with van der Waals surface area (Å²) in [7, 11) is 4.69. The molecule has 0 aliphatic rings. The van der Waals surface area contributed by atoms with Crippen molar-refractivity contribution in [3.05, 3.63) is 51.7 Å². The first-order valence-electron chi connectivity index (χ1n) is 8.63. The number of nitrogens with zero attached hydrogens (tertiary/aromatic N) is 3. The van der Waals surface area contributed by atoms with Crippen molar-refractivity contribution in [3.8, 4) is 5.75 Å². The average molecular weight is 442 g/mol. The number of hydrogen-bond donors (Lipinski definition) is 1. The fourth-order valence-corrected chi connectivity index (χ4v) is 3.13. The number of non-ortho nitro benzene ring substituents is 1. The molecule has 8 nitrogen and oxygen atoms in total. The number of halogens is 2. The lowest BCUT2D eigenvalue weighted by Crippen LogP contribution is -3.00. The zero-order valence-corrected chi connectivity index (χ0v) is 17.9. The van der Waals surface area contributed by atoms with Crippen molar-refractivity contribution < 1.29 is 26.7 Å². The molecular weight excluding hydrogens is 419 g/mol. The van der Waals surface area contributed by atoms with Crippen LogP contribution < -0.4 is 22.5 Å². The molecule has 29 heavy (non-hydrogen) atoms. The van der Waals surface area contributed by atoms with Crippen LogP contribution in [0.2, 0.25) is 0 Å². The molecular formula is C19H23Cl2N4O4-. The molecule has 10 heteroatoms. The molecule has 0 amide bonds. The molecule has 0 unspecified atom stereocenters. The largest absolute Gasteiger partial charge is 1.00 e. The molecule has 2 aromatic carbocycles. The second-order valence-electron chi connectivity index (χ2n) is 6.85. The fourth-order valence-electron chi connectivity index (χ4n) is 3.13. The van der Waals surface area contributed by atoms with Crippen molar-refractivity contribution in [1.29, 1.82) is 0 Å². The Morgan fingerprint density at radius 3 is 2.52 bits per heavy atom. The fraction of sp³-hybridized carbons (Fsp3) is 0.316. The smallest absolute Gasteiger partial charge is 0.281 e. The van der Waals surface area contributed by atoms with E-state index in [1.54, 1.807) is 20.2 Å². The summed E-state index contributed by atoms with van der Waals surface area (Å²) in [5.41, 5.74) is 1.75. The van der Waals surface area contributed by atoms with Crippen LogP contribution in [-0.2, 0) is 0 Å². The van der Waals surface area contributed by atoms with Gasteiger partial charge in [0.2, 0.25) is 0 Å². The lowest BCUT2D eigenvalue weighted by atomic mass is 10.1. The molecule has 1 N–H and O–H groups in total. The van der Waals surface area contributed by atoms with Gasteiger partial charge in [-0.2, -0.15) is 0 Å². The van der Waals surface area contributed by atoms with Gasteiger partial charge in [-0.25, -0.2) is 4.98 Å². The standard InChI is InChI=1S/C19H22N4O4.2ClH/c1-23(2,26)12-6-11-20-18-13-7-4-5-8-14(13)21-19-16(27-3)10-9-15(17(18)19)22(24)25;;/h4-5,7-10H,6,11-12H2,1-3H3,(H,20,21);2*1H/p-1. The molecule has 0 aliphatic carbocycles. The number of aromatic nitrogens is 1. The highest BCUT2D eigenvalue weighted by molar-refractivity contribution is 6.12. The third-order valence-corrected chi connectivity index (χ3v) is 4.37. The Kier molecular flexibility index (Phi) is 8.40. The maximum absolute atomic E-state index is 11.8. The van der Waals surface area contributed by atoms with Crippen LogP contribution in [0.15, 0.2) is 36.4 Å². The highest BCUT2D eigenvalue weighted by Gasteiger charge is 2.22. The maximum atomic E-state index is 11.8. The molecule has 3 aromatic rings. The van der Waals surface area contributed by atoms with Gasteiger partial charge in [-0.1, -0.05) is 18.2 Å². The van der Waals surface area contributed by atoms with Crippen LogP contribution in [-0.4, -0.2) is 48.8 Å². The van der Waals surface area contributed by atoms with Gasteiger partial charge >= 0.3 is 0 Å². The number of nitro benzene ring substituents is 1. The Morgan fingerprint density at radius 1 is 1.21 bits per heavy atom. The molecule has 0 saturated heterocycles. The van der Waals surface area contributed by atoms with Gasteiger partial charge in [0.25, 0.3) is 5.69 Å². The number of methoxy groups -OCH3 is 1. The van der Waals surface area contributed by atoms with Gasteiger partial charge in [-0.05, 0) is 12.1 Å². The number of nitrogens with one attached hydrogen (secondary N) is 1. The molecule has 0 spiro atoms. The summed E-state index contributed by atoms with van der Waals surface area (Å²) >= 11 is 0. The lowest BCUT2D eigenvalue weighted by molar-refractivity contribution is -0.839. The highest BCUT2D eigenvalue weighted by Crippen LogP contribution is 2.40. The zero-order chi connectivity index (χ0) is 19.6. The number of pyridine rings is 1. The minimum absolute atomic E-state index is 0. The van der Waals surface area contributed by atoms with Crippen LogP contribution in [0.3, 0.4) is 0 Å². The van der Waals surface area contributed by atoms with Crippen molar-refractivity contribution in [3.63, 3.8) is 0 Å². The minimum atomic E-state index is -0.416. The summed E-state index contributed by atoms with van der Waals surface area (Å²) in [6.45, 7) is 0.959. The van der Waals surface area contributed by atoms with Crippen LogP contribution in [0.5, 0.6) is 5.75 Å². The molecule has 0 saturated carbocycles. The number of quaternary nitrogens is 1. The van der Waals surface area contributed by atoms with E-state index in [4.69, 9.17) is 4.74 Å². The average Bonchev–Trinajstić information content (AvgIpc) is 2.62. The van der Waals surface area contributed by atoms with Gasteiger partial charge in [-0.15, -0.1) is 12.4 Å². The Balaban J connectivity index is 0.00000210. The predicted molar refractivity (Wildman–Crippen MR) is 113 cm³/mol. The lowest BCUT2D eigenvalue weighted by Gasteiger charge is -2.33. The molecule has 0 bridgehead atoms. The number of hydroxylamine groups is 3. The van der Waals surface area contributed by atoms with Crippen molar-refractivity contribution in [2.75, 3.05) is 39.6 Å². The molecule has 0 atom stereocenters. The van der Waals surface area contributed by atoms with Crippen LogP contribution >= 0.6 is 12.4 Å². The molecule has 1 aromatic heterocycles. The molecule has 1 heterocycles. The van der Waals surface area contributed by atoms with Crippen molar-refractivity contribution in [2.45, 2.75) is 6.42 Å². The molecule has 0 aliphatic heterocycles. The summed E-state index contributed by atoms with van der Waals surface area (Å²) in [5.74, 6) is 0.474. The number of para-hydroxylation sites is 1. The van der Waals surface area contributed by atoms with E-state index >= 15 is 0 Å². The van der Waals surface area contributed by atoms with Gasteiger partial charge in [0, 0.05) is 24.4 Å². The second-order valence-corrected chi connectivity index (χ2v) is 6.85.